The second-order valence-electron chi connectivity index (χ2n) is 8.01. The molecule has 7 nitrogen and oxygen atoms in total. The van der Waals surface area contributed by atoms with Crippen LogP contribution in [-0.2, 0) is 17.8 Å². The Morgan fingerprint density at radius 1 is 1.27 bits per heavy atom. The van der Waals surface area contributed by atoms with Crippen molar-refractivity contribution in [1.82, 2.24) is 19.9 Å². The van der Waals surface area contributed by atoms with Crippen LogP contribution in [-0.4, -0.2) is 37.6 Å². The summed E-state index contributed by atoms with van der Waals surface area (Å²) in [5, 5.41) is 11.8. The Balaban J connectivity index is 1.47. The summed E-state index contributed by atoms with van der Waals surface area (Å²) < 4.78 is 3.13. The van der Waals surface area contributed by atoms with Crippen molar-refractivity contribution in [1.29, 1.82) is 0 Å². The van der Waals surface area contributed by atoms with Crippen molar-refractivity contribution in [2.45, 2.75) is 43.7 Å². The molecule has 2 aliphatic rings. The van der Waals surface area contributed by atoms with Crippen LogP contribution in [0, 0.1) is 0 Å². The number of H-pyrrole nitrogens is 1. The molecular weight excluding hydrogens is 448 g/mol. The molecule has 3 heterocycles. The van der Waals surface area contributed by atoms with Gasteiger partial charge in [-0.05, 0) is 42.2 Å². The van der Waals surface area contributed by atoms with Crippen LogP contribution < -0.4 is 5.32 Å². The summed E-state index contributed by atoms with van der Waals surface area (Å²) in [4.78, 5) is 32.5. The van der Waals surface area contributed by atoms with Gasteiger partial charge < -0.3 is 20.0 Å². The third kappa shape index (κ3) is 3.35. The smallest absolute Gasteiger partial charge is 0.404 e. The molecule has 0 fully saturated rings. The fraction of sp³-hybridized carbons (Fsp3) is 0.318. The van der Waals surface area contributed by atoms with Crippen molar-refractivity contribution in [3.63, 3.8) is 0 Å². The summed E-state index contributed by atoms with van der Waals surface area (Å²) in [5.41, 5.74) is 4.05. The molecule has 0 bridgehead atoms. The van der Waals surface area contributed by atoms with Crippen molar-refractivity contribution >= 4 is 27.8 Å². The second kappa shape index (κ2) is 7.43. The molecular formula is C22H21BrN4O3. The zero-order valence-electron chi connectivity index (χ0n) is 16.1. The zero-order chi connectivity index (χ0) is 20.8. The molecule has 3 aromatic rings. The van der Waals surface area contributed by atoms with Crippen LogP contribution in [0.5, 0.6) is 0 Å². The molecule has 154 valence electrons. The molecule has 1 aliphatic heterocycles. The third-order valence-corrected chi connectivity index (χ3v) is 6.70. The maximum atomic E-state index is 13.3. The molecule has 3 atom stereocenters. The molecule has 5 rings (SSSR count). The number of benzene rings is 1. The van der Waals surface area contributed by atoms with E-state index in [-0.39, 0.29) is 17.7 Å². The van der Waals surface area contributed by atoms with E-state index in [4.69, 9.17) is 0 Å². The normalized spacial score (nSPS) is 23.0. The monoisotopic (exact) mass is 468 g/mol. The molecule has 2 aromatic heterocycles. The van der Waals surface area contributed by atoms with E-state index in [1.165, 1.54) is 0 Å². The van der Waals surface area contributed by atoms with Crippen LogP contribution >= 0.6 is 15.9 Å². The van der Waals surface area contributed by atoms with E-state index in [1.807, 2.05) is 30.5 Å². The summed E-state index contributed by atoms with van der Waals surface area (Å²) in [6.07, 6.45) is 4.48. The van der Waals surface area contributed by atoms with E-state index in [9.17, 15) is 14.7 Å². The van der Waals surface area contributed by atoms with Crippen molar-refractivity contribution in [3.05, 3.63) is 64.3 Å². The van der Waals surface area contributed by atoms with Gasteiger partial charge in [0.25, 0.3) is 0 Å². The summed E-state index contributed by atoms with van der Waals surface area (Å²) in [7, 11) is 0. The molecule has 1 aromatic carbocycles. The predicted octanol–water partition coefficient (Wildman–Crippen LogP) is 4.06. The SMILES string of the molecule is O=C(O)N[C@H]1CCc2ccn3c2C1C(=O)C[C@H](c1ncc(-c2ccc(Br)cc2)[nH]1)C3. The van der Waals surface area contributed by atoms with Gasteiger partial charge in [0.15, 0.2) is 0 Å². The van der Waals surface area contributed by atoms with E-state index in [0.29, 0.717) is 19.4 Å². The number of amides is 1. The Labute approximate surface area is 181 Å². The topological polar surface area (TPSA) is 100 Å². The highest BCUT2D eigenvalue weighted by Crippen LogP contribution is 2.39. The summed E-state index contributed by atoms with van der Waals surface area (Å²) in [6.45, 7) is 0.644. The Bertz CT molecular complexity index is 1120. The van der Waals surface area contributed by atoms with Gasteiger partial charge in [-0.2, -0.15) is 0 Å². The van der Waals surface area contributed by atoms with Gasteiger partial charge in [-0.15, -0.1) is 0 Å². The number of ketones is 1. The summed E-state index contributed by atoms with van der Waals surface area (Å²) >= 11 is 3.45. The minimum absolute atomic E-state index is 0.0683. The van der Waals surface area contributed by atoms with Crippen molar-refractivity contribution in [2.24, 2.45) is 0 Å². The second-order valence-corrected chi connectivity index (χ2v) is 8.92. The highest BCUT2D eigenvalue weighted by atomic mass is 79.9. The Hall–Kier alpha value is -2.87. The largest absolute Gasteiger partial charge is 0.465 e. The van der Waals surface area contributed by atoms with Crippen LogP contribution in [0.1, 0.15) is 41.8 Å². The number of aromatic nitrogens is 3. The van der Waals surface area contributed by atoms with E-state index in [0.717, 1.165) is 39.2 Å². The number of hydrogen-bond donors (Lipinski definition) is 3. The van der Waals surface area contributed by atoms with Gasteiger partial charge in [0.05, 0.1) is 17.8 Å². The predicted molar refractivity (Wildman–Crippen MR) is 115 cm³/mol. The van der Waals surface area contributed by atoms with Crippen molar-refractivity contribution in [3.8, 4) is 11.3 Å². The van der Waals surface area contributed by atoms with E-state index in [2.05, 4.69) is 41.8 Å². The number of halogens is 1. The van der Waals surface area contributed by atoms with Crippen molar-refractivity contribution < 1.29 is 14.7 Å². The lowest BCUT2D eigenvalue weighted by Crippen LogP contribution is -2.44. The molecule has 1 amide bonds. The first-order valence-corrected chi connectivity index (χ1v) is 10.8. The maximum Gasteiger partial charge on any atom is 0.404 e. The molecule has 1 aliphatic carbocycles. The van der Waals surface area contributed by atoms with Gasteiger partial charge in [0.1, 0.15) is 11.6 Å². The standard InChI is InChI=1S/C22H21BrN4O3/c23-15-4-1-12(2-5-15)17-10-24-21(25-17)14-9-18(28)19-16(26-22(29)30)6-3-13-7-8-27(11-14)20(13)19/h1-2,4-5,7-8,10,14,16,19,26H,3,6,9,11H2,(H,24,25)(H,29,30)/t14-,16-,19?/m0/s1. The number of nitrogens with one attached hydrogen (secondary N) is 2. The first-order chi connectivity index (χ1) is 14.5. The average Bonchev–Trinajstić information content (AvgIpc) is 3.32. The summed E-state index contributed by atoms with van der Waals surface area (Å²) in [5.74, 6) is 0.323. The number of aromatic amines is 1. The third-order valence-electron chi connectivity index (χ3n) is 6.17. The minimum atomic E-state index is -1.08. The van der Waals surface area contributed by atoms with Gasteiger partial charge in [0.2, 0.25) is 0 Å². The van der Waals surface area contributed by atoms with Gasteiger partial charge >= 0.3 is 6.09 Å². The Morgan fingerprint density at radius 2 is 2.07 bits per heavy atom. The fourth-order valence-electron chi connectivity index (χ4n) is 4.81. The Morgan fingerprint density at radius 3 is 2.83 bits per heavy atom. The summed E-state index contributed by atoms with van der Waals surface area (Å²) in [6, 6.07) is 9.66. The number of aryl methyl sites for hydroxylation is 1. The fourth-order valence-corrected chi connectivity index (χ4v) is 5.08. The Kier molecular flexibility index (Phi) is 4.73. The first kappa shape index (κ1) is 19.1. The first-order valence-electron chi connectivity index (χ1n) is 10.0. The van der Waals surface area contributed by atoms with Gasteiger partial charge in [0, 0.05) is 41.3 Å². The number of carboxylic acid groups (broad SMARTS) is 1. The van der Waals surface area contributed by atoms with E-state index in [1.54, 1.807) is 6.20 Å². The average molecular weight is 469 g/mol. The number of rotatable bonds is 3. The van der Waals surface area contributed by atoms with Crippen LogP contribution in [0.4, 0.5) is 4.79 Å². The minimum Gasteiger partial charge on any atom is -0.465 e. The molecule has 3 N–H and O–H groups in total. The number of nitrogens with zero attached hydrogens (tertiary/aromatic N) is 2. The lowest BCUT2D eigenvalue weighted by Gasteiger charge is -2.31. The van der Waals surface area contributed by atoms with E-state index < -0.39 is 12.0 Å². The lowest BCUT2D eigenvalue weighted by molar-refractivity contribution is -0.121. The molecule has 0 radical (unpaired) electrons. The van der Waals surface area contributed by atoms with E-state index >= 15 is 0 Å². The number of Topliss-reactive ketones (excluding diaryl/α,β-unsaturated/α-hetero) is 1. The molecule has 0 saturated heterocycles. The highest BCUT2D eigenvalue weighted by Gasteiger charge is 2.41. The highest BCUT2D eigenvalue weighted by molar-refractivity contribution is 9.10. The van der Waals surface area contributed by atoms with Crippen LogP contribution in [0.2, 0.25) is 0 Å². The van der Waals surface area contributed by atoms with Crippen LogP contribution in [0.3, 0.4) is 0 Å². The quantitative estimate of drug-likeness (QED) is 0.539. The van der Waals surface area contributed by atoms with Crippen LogP contribution in [0.15, 0.2) is 47.2 Å². The van der Waals surface area contributed by atoms with Gasteiger partial charge in [-0.3, -0.25) is 4.79 Å². The molecule has 30 heavy (non-hydrogen) atoms. The molecule has 1 unspecified atom stereocenters. The lowest BCUT2D eigenvalue weighted by atomic mass is 9.79. The number of carbonyl (C=O) groups is 2. The number of hydrogen-bond acceptors (Lipinski definition) is 3. The maximum absolute atomic E-state index is 13.3. The van der Waals surface area contributed by atoms with Crippen molar-refractivity contribution in [2.75, 3.05) is 0 Å². The number of imidazole rings is 1. The van der Waals surface area contributed by atoms with Gasteiger partial charge in [-0.25, -0.2) is 9.78 Å². The number of carbonyl (C=O) groups excluding carboxylic acids is 1. The van der Waals surface area contributed by atoms with Crippen LogP contribution in [0.25, 0.3) is 11.3 Å². The molecule has 0 spiro atoms. The zero-order valence-corrected chi connectivity index (χ0v) is 17.7. The molecule has 0 saturated carbocycles. The van der Waals surface area contributed by atoms with Gasteiger partial charge in [-0.1, -0.05) is 28.1 Å². The molecule has 8 heteroatoms.